The predicted octanol–water partition coefficient (Wildman–Crippen LogP) is 7.13. The van der Waals surface area contributed by atoms with Crippen LogP contribution in [0.3, 0.4) is 0 Å². The van der Waals surface area contributed by atoms with Crippen LogP contribution < -0.4 is 10.6 Å². The van der Waals surface area contributed by atoms with E-state index in [1.807, 2.05) is 68.6 Å². The number of nitrogens with one attached hydrogen (secondary N) is 2. The van der Waals surface area contributed by atoms with Gasteiger partial charge >= 0.3 is 6.03 Å². The average Bonchev–Trinajstić information content (AvgIpc) is 3.22. The molecule has 0 aliphatic carbocycles. The molecule has 7 heteroatoms. The largest absolute Gasteiger partial charge is 0.341 e. The number of urea groups is 1. The van der Waals surface area contributed by atoms with Gasteiger partial charge < -0.3 is 10.2 Å². The van der Waals surface area contributed by atoms with Crippen LogP contribution >= 0.6 is 23.1 Å². The van der Waals surface area contributed by atoms with E-state index < -0.39 is 0 Å². The summed E-state index contributed by atoms with van der Waals surface area (Å²) in [6.45, 7) is 8.82. The van der Waals surface area contributed by atoms with Crippen LogP contribution in [0.4, 0.5) is 15.5 Å². The molecule has 0 radical (unpaired) electrons. The molecule has 2 N–H and O–H groups in total. The van der Waals surface area contributed by atoms with Crippen molar-refractivity contribution in [2.75, 3.05) is 36.2 Å². The van der Waals surface area contributed by atoms with Gasteiger partial charge in [0.1, 0.15) is 5.00 Å². The van der Waals surface area contributed by atoms with Crippen molar-refractivity contribution in [3.05, 3.63) is 59.0 Å². The third-order valence-electron chi connectivity index (χ3n) is 4.79. The van der Waals surface area contributed by atoms with Gasteiger partial charge in [0.15, 0.2) is 0 Å². The van der Waals surface area contributed by atoms with Crippen molar-refractivity contribution in [3.8, 4) is 0 Å². The molecule has 32 heavy (non-hydrogen) atoms. The predicted molar refractivity (Wildman–Crippen MR) is 142 cm³/mol. The summed E-state index contributed by atoms with van der Waals surface area (Å²) in [6, 6.07) is 15.2. The van der Waals surface area contributed by atoms with Crippen molar-refractivity contribution in [1.82, 2.24) is 4.90 Å². The summed E-state index contributed by atoms with van der Waals surface area (Å²) in [5, 5.41) is 8.44. The van der Waals surface area contributed by atoms with Crippen LogP contribution in [0, 0.1) is 0 Å². The highest BCUT2D eigenvalue weighted by Gasteiger charge is 2.22. The van der Waals surface area contributed by atoms with Crippen molar-refractivity contribution in [2.45, 2.75) is 33.6 Å². The first kappa shape index (κ1) is 25.7. The van der Waals surface area contributed by atoms with Gasteiger partial charge in [-0.1, -0.05) is 64.1 Å². The van der Waals surface area contributed by atoms with Gasteiger partial charge in [-0.2, -0.15) is 11.8 Å². The molecule has 2 aromatic carbocycles. The third-order valence-corrected chi connectivity index (χ3v) is 6.73. The molecule has 3 rings (SSSR count). The first-order valence-corrected chi connectivity index (χ1v) is 13.1. The van der Waals surface area contributed by atoms with Crippen molar-refractivity contribution in [1.29, 1.82) is 0 Å². The summed E-state index contributed by atoms with van der Waals surface area (Å²) in [6.07, 6.45) is 2.02. The van der Waals surface area contributed by atoms with Crippen LogP contribution in [0.1, 0.15) is 48.8 Å². The topological polar surface area (TPSA) is 61.4 Å². The van der Waals surface area contributed by atoms with Crippen LogP contribution in [0.25, 0.3) is 10.8 Å². The minimum Gasteiger partial charge on any atom is -0.341 e. The van der Waals surface area contributed by atoms with Gasteiger partial charge in [-0.25, -0.2) is 4.79 Å². The van der Waals surface area contributed by atoms with E-state index in [-0.39, 0.29) is 17.9 Å². The number of amides is 3. The van der Waals surface area contributed by atoms with Crippen LogP contribution in [-0.4, -0.2) is 42.4 Å². The van der Waals surface area contributed by atoms with E-state index in [2.05, 4.69) is 24.5 Å². The Labute approximate surface area is 199 Å². The number of nitrogens with zero attached hydrogens (tertiary/aromatic N) is 1. The van der Waals surface area contributed by atoms with Crippen molar-refractivity contribution < 1.29 is 9.59 Å². The van der Waals surface area contributed by atoms with E-state index >= 15 is 0 Å². The standard InChI is InChI=1S/C23H27N3O2S2.C2H6/c1-15(2)20-14-18(22(27)26(3)12-13-29-4)21(30-20)25-23(28)24-19-11-7-9-16-8-5-6-10-17(16)19;1-2/h5-11,14-15H,12-13H2,1-4H3,(H2,24,25,28);1-2H3. The Hall–Kier alpha value is -2.51. The summed E-state index contributed by atoms with van der Waals surface area (Å²) in [4.78, 5) is 28.5. The van der Waals surface area contributed by atoms with E-state index in [0.717, 1.165) is 27.1 Å². The molecule has 1 aromatic heterocycles. The zero-order valence-electron chi connectivity index (χ0n) is 19.7. The van der Waals surface area contributed by atoms with Gasteiger partial charge in [0.2, 0.25) is 0 Å². The molecule has 0 aliphatic heterocycles. The SMILES string of the molecule is CC.CSCCN(C)C(=O)c1cc(C(C)C)sc1NC(=O)Nc1cccc2ccccc12. The van der Waals surface area contributed by atoms with E-state index in [0.29, 0.717) is 17.1 Å². The second kappa shape index (κ2) is 12.5. The molecule has 0 bridgehead atoms. The van der Waals surface area contributed by atoms with Gasteiger partial charge in [0, 0.05) is 29.6 Å². The van der Waals surface area contributed by atoms with Gasteiger partial charge in [0.05, 0.1) is 11.3 Å². The van der Waals surface area contributed by atoms with Gasteiger partial charge in [-0.3, -0.25) is 10.1 Å². The number of carbonyl (C=O) groups is 2. The number of hydrogen-bond acceptors (Lipinski definition) is 4. The maximum Gasteiger partial charge on any atom is 0.324 e. The Kier molecular flexibility index (Phi) is 10.1. The Morgan fingerprint density at radius 1 is 1.06 bits per heavy atom. The molecule has 0 atom stereocenters. The smallest absolute Gasteiger partial charge is 0.324 e. The third kappa shape index (κ3) is 6.50. The first-order chi connectivity index (χ1) is 15.4. The monoisotopic (exact) mass is 471 g/mol. The molecule has 0 saturated carbocycles. The van der Waals surface area contributed by atoms with Crippen LogP contribution in [-0.2, 0) is 0 Å². The van der Waals surface area contributed by atoms with Crippen molar-refractivity contribution in [3.63, 3.8) is 0 Å². The molecular weight excluding hydrogens is 438 g/mol. The van der Waals surface area contributed by atoms with Crippen LogP contribution in [0.5, 0.6) is 0 Å². The molecule has 0 spiro atoms. The van der Waals surface area contributed by atoms with Crippen LogP contribution in [0.15, 0.2) is 48.5 Å². The molecule has 0 saturated heterocycles. The minimum atomic E-state index is -0.357. The maximum atomic E-state index is 13.0. The number of rotatable bonds is 7. The number of carbonyl (C=O) groups excluding carboxylic acids is 2. The van der Waals surface area contributed by atoms with Crippen molar-refractivity contribution in [2.24, 2.45) is 0 Å². The summed E-state index contributed by atoms with van der Waals surface area (Å²) < 4.78 is 0. The fraction of sp³-hybridized carbons (Fsp3) is 0.360. The van der Waals surface area contributed by atoms with E-state index in [1.54, 1.807) is 23.7 Å². The highest BCUT2D eigenvalue weighted by Crippen LogP contribution is 2.34. The quantitative estimate of drug-likeness (QED) is 0.385. The highest BCUT2D eigenvalue weighted by atomic mass is 32.2. The van der Waals surface area contributed by atoms with E-state index in [1.165, 1.54) is 11.3 Å². The minimum absolute atomic E-state index is 0.0762. The first-order valence-electron chi connectivity index (χ1n) is 10.8. The molecule has 0 fully saturated rings. The molecule has 0 unspecified atom stereocenters. The summed E-state index contributed by atoms with van der Waals surface area (Å²) >= 11 is 3.15. The second-order valence-electron chi connectivity index (χ2n) is 7.37. The maximum absolute atomic E-state index is 13.0. The van der Waals surface area contributed by atoms with Gasteiger partial charge in [-0.05, 0) is 29.7 Å². The van der Waals surface area contributed by atoms with E-state index in [4.69, 9.17) is 0 Å². The second-order valence-corrected chi connectivity index (χ2v) is 9.44. The molecule has 3 amide bonds. The number of thioether (sulfide) groups is 1. The lowest BCUT2D eigenvalue weighted by atomic mass is 10.1. The molecule has 0 aliphatic rings. The molecular formula is C25H33N3O2S2. The number of benzene rings is 2. The normalized spacial score (nSPS) is 10.5. The zero-order valence-corrected chi connectivity index (χ0v) is 21.3. The number of hydrogen-bond donors (Lipinski definition) is 2. The van der Waals surface area contributed by atoms with E-state index in [9.17, 15) is 9.59 Å². The Balaban J connectivity index is 0.00000176. The average molecular weight is 472 g/mol. The Morgan fingerprint density at radius 2 is 1.75 bits per heavy atom. The number of anilines is 2. The molecule has 3 aromatic rings. The fourth-order valence-electron chi connectivity index (χ4n) is 3.07. The molecule has 5 nitrogen and oxygen atoms in total. The zero-order chi connectivity index (χ0) is 23.7. The molecule has 172 valence electrons. The lowest BCUT2D eigenvalue weighted by Gasteiger charge is -2.17. The fourth-order valence-corrected chi connectivity index (χ4v) is 4.58. The van der Waals surface area contributed by atoms with Gasteiger partial charge in [-0.15, -0.1) is 11.3 Å². The summed E-state index contributed by atoms with van der Waals surface area (Å²) in [7, 11) is 1.80. The summed E-state index contributed by atoms with van der Waals surface area (Å²) in [5.74, 6) is 1.07. The Bertz CT molecular complexity index is 1040. The number of fused-ring (bicyclic) bond motifs is 1. The molecule has 1 heterocycles. The number of thiophene rings is 1. The van der Waals surface area contributed by atoms with Crippen LogP contribution in [0.2, 0.25) is 0 Å². The lowest BCUT2D eigenvalue weighted by molar-refractivity contribution is 0.0805. The lowest BCUT2D eigenvalue weighted by Crippen LogP contribution is -2.29. The highest BCUT2D eigenvalue weighted by molar-refractivity contribution is 7.98. The Morgan fingerprint density at radius 3 is 2.44 bits per heavy atom. The van der Waals surface area contributed by atoms with Crippen molar-refractivity contribution >= 4 is 56.5 Å². The van der Waals surface area contributed by atoms with Gasteiger partial charge in [0.25, 0.3) is 5.91 Å². The summed E-state index contributed by atoms with van der Waals surface area (Å²) in [5.41, 5.74) is 1.27.